The molecule has 1 heterocycles. The zero-order chi connectivity index (χ0) is 13.2. The fraction of sp³-hybridized carbons (Fsp3) is 0.647. The highest BCUT2D eigenvalue weighted by Crippen LogP contribution is 2.35. The molecule has 0 spiro atoms. The molecular formula is C17H25NO. The third kappa shape index (κ3) is 3.11. The molecule has 2 aliphatic rings. The monoisotopic (exact) mass is 259 g/mol. The zero-order valence-electron chi connectivity index (χ0n) is 12.1. The molecule has 2 unspecified atom stereocenters. The number of fused-ring (bicyclic) bond motifs is 1. The summed E-state index contributed by atoms with van der Waals surface area (Å²) in [6.07, 6.45) is 6.55. The van der Waals surface area contributed by atoms with Crippen molar-refractivity contribution in [2.45, 2.75) is 58.0 Å². The minimum absolute atomic E-state index is 0.439. The Labute approximate surface area is 116 Å². The second kappa shape index (κ2) is 5.54. The molecule has 1 aromatic rings. The van der Waals surface area contributed by atoms with Crippen molar-refractivity contribution < 1.29 is 4.74 Å². The van der Waals surface area contributed by atoms with Gasteiger partial charge in [-0.2, -0.15) is 0 Å². The molecule has 1 N–H and O–H groups in total. The summed E-state index contributed by atoms with van der Waals surface area (Å²) in [5.41, 5.74) is 2.78. The molecule has 1 saturated carbocycles. The van der Waals surface area contributed by atoms with E-state index in [1.54, 1.807) is 0 Å². The molecule has 0 radical (unpaired) electrons. The summed E-state index contributed by atoms with van der Waals surface area (Å²) in [6, 6.07) is 7.79. The van der Waals surface area contributed by atoms with Crippen LogP contribution in [0.15, 0.2) is 18.2 Å². The molecule has 2 heteroatoms. The largest absolute Gasteiger partial charge is 0.493 e. The average Bonchev–Trinajstić information content (AvgIpc) is 3.11. The minimum atomic E-state index is 0.439. The lowest BCUT2D eigenvalue weighted by molar-refractivity contribution is 0.356. The van der Waals surface area contributed by atoms with Crippen LogP contribution in [-0.2, 0) is 6.42 Å². The Morgan fingerprint density at radius 3 is 2.95 bits per heavy atom. The SMILES string of the molecule is CCC(CC1CC1)NC(C)c1ccc2c(c1)CCO2. The normalized spacial score (nSPS) is 20.7. The van der Waals surface area contributed by atoms with E-state index in [0.29, 0.717) is 12.1 Å². The molecule has 1 aliphatic heterocycles. The van der Waals surface area contributed by atoms with E-state index in [4.69, 9.17) is 4.74 Å². The van der Waals surface area contributed by atoms with Crippen LogP contribution in [0.1, 0.15) is 56.7 Å². The second-order valence-electron chi connectivity index (χ2n) is 6.14. The van der Waals surface area contributed by atoms with E-state index >= 15 is 0 Å². The minimum Gasteiger partial charge on any atom is -0.493 e. The van der Waals surface area contributed by atoms with Crippen molar-refractivity contribution in [2.75, 3.05) is 6.61 Å². The van der Waals surface area contributed by atoms with Crippen LogP contribution in [0.2, 0.25) is 0 Å². The van der Waals surface area contributed by atoms with Crippen molar-refractivity contribution in [3.8, 4) is 5.75 Å². The summed E-state index contributed by atoms with van der Waals surface area (Å²) in [7, 11) is 0. The lowest BCUT2D eigenvalue weighted by Crippen LogP contribution is -2.31. The molecule has 2 atom stereocenters. The Kier molecular flexibility index (Phi) is 3.79. The van der Waals surface area contributed by atoms with Gasteiger partial charge in [0.25, 0.3) is 0 Å². The molecule has 0 aromatic heterocycles. The smallest absolute Gasteiger partial charge is 0.122 e. The van der Waals surface area contributed by atoms with E-state index < -0.39 is 0 Å². The van der Waals surface area contributed by atoms with Gasteiger partial charge >= 0.3 is 0 Å². The van der Waals surface area contributed by atoms with E-state index in [1.807, 2.05) is 0 Å². The van der Waals surface area contributed by atoms with Gasteiger partial charge in [0.05, 0.1) is 6.61 Å². The average molecular weight is 259 g/mol. The zero-order valence-corrected chi connectivity index (χ0v) is 12.1. The Morgan fingerprint density at radius 2 is 2.21 bits per heavy atom. The van der Waals surface area contributed by atoms with Crippen LogP contribution < -0.4 is 10.1 Å². The van der Waals surface area contributed by atoms with Crippen LogP contribution in [0.4, 0.5) is 0 Å². The fourth-order valence-corrected chi connectivity index (χ4v) is 3.03. The van der Waals surface area contributed by atoms with Gasteiger partial charge in [-0.15, -0.1) is 0 Å². The summed E-state index contributed by atoms with van der Waals surface area (Å²) in [5.74, 6) is 2.08. The molecule has 0 bridgehead atoms. The maximum atomic E-state index is 5.58. The second-order valence-corrected chi connectivity index (χ2v) is 6.14. The van der Waals surface area contributed by atoms with Gasteiger partial charge < -0.3 is 10.1 Å². The number of rotatable bonds is 6. The topological polar surface area (TPSA) is 21.3 Å². The summed E-state index contributed by atoms with van der Waals surface area (Å²) >= 11 is 0. The highest BCUT2D eigenvalue weighted by atomic mass is 16.5. The number of nitrogens with one attached hydrogen (secondary N) is 1. The third-order valence-electron chi connectivity index (χ3n) is 4.51. The van der Waals surface area contributed by atoms with E-state index in [9.17, 15) is 0 Å². The van der Waals surface area contributed by atoms with Crippen molar-refractivity contribution in [2.24, 2.45) is 5.92 Å². The third-order valence-corrected chi connectivity index (χ3v) is 4.51. The summed E-state index contributed by atoms with van der Waals surface area (Å²) in [5, 5.41) is 3.80. The van der Waals surface area contributed by atoms with Crippen molar-refractivity contribution >= 4 is 0 Å². The van der Waals surface area contributed by atoms with Crippen LogP contribution in [-0.4, -0.2) is 12.6 Å². The van der Waals surface area contributed by atoms with E-state index in [-0.39, 0.29) is 0 Å². The van der Waals surface area contributed by atoms with Gasteiger partial charge in [0.1, 0.15) is 5.75 Å². The molecule has 1 fully saturated rings. The highest BCUT2D eigenvalue weighted by Gasteiger charge is 2.25. The van der Waals surface area contributed by atoms with Crippen LogP contribution in [0.5, 0.6) is 5.75 Å². The van der Waals surface area contributed by atoms with E-state index in [0.717, 1.165) is 24.7 Å². The fourth-order valence-electron chi connectivity index (χ4n) is 3.03. The molecule has 104 valence electrons. The molecule has 0 amide bonds. The van der Waals surface area contributed by atoms with Gasteiger partial charge in [0, 0.05) is 18.5 Å². The predicted octanol–water partition coefficient (Wildman–Crippen LogP) is 3.85. The number of ether oxygens (including phenoxy) is 1. The van der Waals surface area contributed by atoms with Gasteiger partial charge in [-0.3, -0.25) is 0 Å². The van der Waals surface area contributed by atoms with Crippen LogP contribution in [0.3, 0.4) is 0 Å². The van der Waals surface area contributed by atoms with E-state index in [1.165, 1.54) is 36.8 Å². The maximum absolute atomic E-state index is 5.58. The van der Waals surface area contributed by atoms with Crippen LogP contribution >= 0.6 is 0 Å². The van der Waals surface area contributed by atoms with Crippen LogP contribution in [0.25, 0.3) is 0 Å². The molecular weight excluding hydrogens is 234 g/mol. The molecule has 19 heavy (non-hydrogen) atoms. The predicted molar refractivity (Wildman–Crippen MR) is 78.6 cm³/mol. The van der Waals surface area contributed by atoms with Gasteiger partial charge in [0.15, 0.2) is 0 Å². The molecule has 2 nitrogen and oxygen atoms in total. The lowest BCUT2D eigenvalue weighted by Gasteiger charge is -2.23. The molecule has 3 rings (SSSR count). The van der Waals surface area contributed by atoms with Crippen molar-refractivity contribution in [1.82, 2.24) is 5.32 Å². The highest BCUT2D eigenvalue weighted by molar-refractivity contribution is 5.40. The quantitative estimate of drug-likeness (QED) is 0.838. The molecule has 1 aliphatic carbocycles. The van der Waals surface area contributed by atoms with E-state index in [2.05, 4.69) is 37.4 Å². The Balaban J connectivity index is 1.63. The molecule has 1 aromatic carbocycles. The lowest BCUT2D eigenvalue weighted by atomic mass is 10.0. The maximum Gasteiger partial charge on any atom is 0.122 e. The van der Waals surface area contributed by atoms with Crippen molar-refractivity contribution in [3.63, 3.8) is 0 Å². The summed E-state index contributed by atoms with van der Waals surface area (Å²) < 4.78 is 5.58. The Bertz CT molecular complexity index is 439. The summed E-state index contributed by atoms with van der Waals surface area (Å²) in [4.78, 5) is 0. The van der Waals surface area contributed by atoms with Gasteiger partial charge in [-0.1, -0.05) is 31.9 Å². The van der Waals surface area contributed by atoms with Gasteiger partial charge in [-0.25, -0.2) is 0 Å². The number of hydrogen-bond acceptors (Lipinski definition) is 2. The van der Waals surface area contributed by atoms with Crippen molar-refractivity contribution in [1.29, 1.82) is 0 Å². The first-order valence-corrected chi connectivity index (χ1v) is 7.78. The first kappa shape index (κ1) is 13.0. The Hall–Kier alpha value is -1.02. The summed E-state index contributed by atoms with van der Waals surface area (Å²) in [6.45, 7) is 5.43. The van der Waals surface area contributed by atoms with Crippen LogP contribution in [0, 0.1) is 5.92 Å². The first-order chi connectivity index (χ1) is 9.26. The van der Waals surface area contributed by atoms with Gasteiger partial charge in [0.2, 0.25) is 0 Å². The number of hydrogen-bond donors (Lipinski definition) is 1. The first-order valence-electron chi connectivity index (χ1n) is 7.78. The Morgan fingerprint density at radius 1 is 1.37 bits per heavy atom. The molecule has 0 saturated heterocycles. The standard InChI is InChI=1S/C17H25NO/c1-3-16(10-13-4-5-13)18-12(2)14-6-7-17-15(11-14)8-9-19-17/h6-7,11-13,16,18H,3-5,8-10H2,1-2H3. The van der Waals surface area contributed by atoms with Gasteiger partial charge in [-0.05, 0) is 42.9 Å². The van der Waals surface area contributed by atoms with Crippen molar-refractivity contribution in [3.05, 3.63) is 29.3 Å². The number of benzene rings is 1.